The Labute approximate surface area is 135 Å². The number of methoxy groups -OCH3 is 2. The van der Waals surface area contributed by atoms with Gasteiger partial charge in [-0.1, -0.05) is 18.2 Å². The minimum atomic E-state index is -3.91. The van der Waals surface area contributed by atoms with E-state index in [9.17, 15) is 13.2 Å². The molecule has 0 atom stereocenters. The van der Waals surface area contributed by atoms with Crippen molar-refractivity contribution in [3.63, 3.8) is 0 Å². The monoisotopic (exact) mass is 335 g/mol. The van der Waals surface area contributed by atoms with Gasteiger partial charge in [-0.05, 0) is 24.3 Å². The molecule has 2 rings (SSSR count). The van der Waals surface area contributed by atoms with Gasteiger partial charge in [0.05, 0.1) is 31.3 Å². The summed E-state index contributed by atoms with van der Waals surface area (Å²) in [6.45, 7) is -0.333. The third-order valence-corrected chi connectivity index (χ3v) is 5.02. The van der Waals surface area contributed by atoms with Crippen molar-refractivity contribution in [2.75, 3.05) is 25.1 Å². The first kappa shape index (κ1) is 16.8. The van der Waals surface area contributed by atoms with Crippen molar-refractivity contribution in [3.8, 4) is 11.5 Å². The molecular weight excluding hydrogens is 318 g/mol. The van der Waals surface area contributed by atoms with E-state index in [4.69, 9.17) is 9.47 Å². The molecule has 2 aromatic rings. The number of rotatable bonds is 7. The number of benzene rings is 2. The number of hydrogen-bond donors (Lipinski definition) is 0. The van der Waals surface area contributed by atoms with E-state index < -0.39 is 10.0 Å². The Hall–Kier alpha value is -2.54. The summed E-state index contributed by atoms with van der Waals surface area (Å²) in [5.74, 6) is 0.784. The normalized spacial score (nSPS) is 10.9. The molecule has 0 amide bonds. The molecule has 0 unspecified atom stereocenters. The Morgan fingerprint density at radius 2 is 1.74 bits per heavy atom. The van der Waals surface area contributed by atoms with Gasteiger partial charge in [0.2, 0.25) is 0 Å². The third kappa shape index (κ3) is 3.45. The minimum Gasteiger partial charge on any atom is -0.497 e. The van der Waals surface area contributed by atoms with Crippen LogP contribution in [0.15, 0.2) is 53.4 Å². The molecule has 0 bridgehead atoms. The summed E-state index contributed by atoms with van der Waals surface area (Å²) in [5, 5.41) is 0. The van der Waals surface area contributed by atoms with Crippen LogP contribution >= 0.6 is 0 Å². The lowest BCUT2D eigenvalue weighted by Crippen LogP contribution is -2.33. The summed E-state index contributed by atoms with van der Waals surface area (Å²) in [5.41, 5.74) is 0.239. The largest absolute Gasteiger partial charge is 0.497 e. The highest BCUT2D eigenvalue weighted by molar-refractivity contribution is 7.92. The van der Waals surface area contributed by atoms with Gasteiger partial charge in [0.15, 0.2) is 0 Å². The molecule has 0 radical (unpaired) electrons. The summed E-state index contributed by atoms with van der Waals surface area (Å²) >= 11 is 0. The number of aldehydes is 1. The zero-order valence-electron chi connectivity index (χ0n) is 12.8. The molecule has 0 aromatic heterocycles. The summed E-state index contributed by atoms with van der Waals surface area (Å²) in [6.07, 6.45) is 0.527. The maximum atomic E-state index is 12.9. The molecule has 0 aliphatic carbocycles. The van der Waals surface area contributed by atoms with Crippen LogP contribution in [0.1, 0.15) is 0 Å². The van der Waals surface area contributed by atoms with E-state index >= 15 is 0 Å². The number of carbonyl (C=O) groups is 1. The van der Waals surface area contributed by atoms with Gasteiger partial charge >= 0.3 is 0 Å². The lowest BCUT2D eigenvalue weighted by atomic mass is 10.2. The quantitative estimate of drug-likeness (QED) is 0.725. The fourth-order valence-corrected chi connectivity index (χ4v) is 3.52. The highest BCUT2D eigenvalue weighted by atomic mass is 32.2. The molecule has 0 aliphatic heterocycles. The molecule has 23 heavy (non-hydrogen) atoms. The van der Waals surface area contributed by atoms with Gasteiger partial charge < -0.3 is 14.3 Å². The van der Waals surface area contributed by atoms with Gasteiger partial charge in [0.1, 0.15) is 17.8 Å². The topological polar surface area (TPSA) is 72.9 Å². The predicted octanol–water partition coefficient (Wildman–Crippen LogP) is 2.10. The zero-order valence-corrected chi connectivity index (χ0v) is 13.6. The fourth-order valence-electron chi connectivity index (χ4n) is 2.11. The first-order valence-corrected chi connectivity index (χ1v) is 8.22. The molecule has 0 saturated carbocycles. The average molecular weight is 335 g/mol. The molecule has 0 fully saturated rings. The van der Waals surface area contributed by atoms with Crippen molar-refractivity contribution in [2.45, 2.75) is 4.90 Å². The summed E-state index contributed by atoms with van der Waals surface area (Å²) in [4.78, 5) is 11.1. The summed E-state index contributed by atoms with van der Waals surface area (Å²) in [7, 11) is -1.00. The van der Waals surface area contributed by atoms with E-state index in [0.29, 0.717) is 17.8 Å². The minimum absolute atomic E-state index is 0.0896. The van der Waals surface area contributed by atoms with Gasteiger partial charge in [-0.3, -0.25) is 4.31 Å². The fraction of sp³-hybridized carbons (Fsp3) is 0.188. The summed E-state index contributed by atoms with van der Waals surface area (Å²) < 4.78 is 37.1. The van der Waals surface area contributed by atoms with Crippen molar-refractivity contribution >= 4 is 22.0 Å². The average Bonchev–Trinajstić information content (AvgIpc) is 2.59. The SMILES string of the molecule is COc1ccc(OC)c(N(CC=O)S(=O)(=O)c2ccccc2)c1. The van der Waals surface area contributed by atoms with Crippen LogP contribution in [0.4, 0.5) is 5.69 Å². The highest BCUT2D eigenvalue weighted by Gasteiger charge is 2.27. The number of carbonyl (C=O) groups excluding carboxylic acids is 1. The van der Waals surface area contributed by atoms with Gasteiger partial charge in [-0.2, -0.15) is 0 Å². The number of nitrogens with zero attached hydrogens (tertiary/aromatic N) is 1. The van der Waals surface area contributed by atoms with Crippen molar-refractivity contribution in [1.29, 1.82) is 0 Å². The Morgan fingerprint density at radius 1 is 1.04 bits per heavy atom. The van der Waals surface area contributed by atoms with Crippen LogP contribution in [0, 0.1) is 0 Å². The second kappa shape index (κ2) is 7.15. The smallest absolute Gasteiger partial charge is 0.264 e. The van der Waals surface area contributed by atoms with Crippen LogP contribution < -0.4 is 13.8 Å². The van der Waals surface area contributed by atoms with Crippen molar-refractivity contribution in [2.24, 2.45) is 0 Å². The molecule has 6 nitrogen and oxygen atoms in total. The van der Waals surface area contributed by atoms with Gasteiger partial charge in [-0.15, -0.1) is 0 Å². The zero-order chi connectivity index (χ0) is 16.9. The molecule has 0 N–H and O–H groups in total. The van der Waals surface area contributed by atoms with Crippen LogP contribution in [0.2, 0.25) is 0 Å². The number of anilines is 1. The van der Waals surface area contributed by atoms with Crippen LogP contribution in [0.3, 0.4) is 0 Å². The molecule has 2 aromatic carbocycles. The second-order valence-corrected chi connectivity index (χ2v) is 6.42. The predicted molar refractivity (Wildman–Crippen MR) is 86.6 cm³/mol. The first-order chi connectivity index (χ1) is 11.0. The molecule has 122 valence electrons. The Bertz CT molecular complexity index is 774. The summed E-state index contributed by atoms with van der Waals surface area (Å²) in [6, 6.07) is 12.7. The maximum absolute atomic E-state index is 12.9. The lowest BCUT2D eigenvalue weighted by molar-refractivity contribution is -0.106. The van der Waals surface area contributed by atoms with E-state index in [2.05, 4.69) is 0 Å². The van der Waals surface area contributed by atoms with Crippen molar-refractivity contribution in [1.82, 2.24) is 0 Å². The number of ether oxygens (including phenoxy) is 2. The Morgan fingerprint density at radius 3 is 2.30 bits per heavy atom. The van der Waals surface area contributed by atoms with Crippen molar-refractivity contribution < 1.29 is 22.7 Å². The van der Waals surface area contributed by atoms with Gasteiger partial charge in [-0.25, -0.2) is 8.42 Å². The van der Waals surface area contributed by atoms with E-state index in [1.807, 2.05) is 0 Å². The lowest BCUT2D eigenvalue weighted by Gasteiger charge is -2.24. The third-order valence-electron chi connectivity index (χ3n) is 3.23. The van der Waals surface area contributed by atoms with Gasteiger partial charge in [0.25, 0.3) is 10.0 Å². The standard InChI is InChI=1S/C16H17NO5S/c1-21-13-8-9-16(22-2)15(12-13)17(10-11-18)23(19,20)14-6-4-3-5-7-14/h3-9,11-12H,10H2,1-2H3. The molecule has 0 spiro atoms. The van der Waals surface area contributed by atoms with E-state index in [-0.39, 0.29) is 17.1 Å². The van der Waals surface area contributed by atoms with E-state index in [0.717, 1.165) is 4.31 Å². The molecule has 0 aliphatic rings. The maximum Gasteiger partial charge on any atom is 0.264 e. The number of sulfonamides is 1. The molecule has 0 saturated heterocycles. The molecule has 7 heteroatoms. The van der Waals surface area contributed by atoms with Gasteiger partial charge in [0, 0.05) is 6.07 Å². The van der Waals surface area contributed by atoms with Crippen molar-refractivity contribution in [3.05, 3.63) is 48.5 Å². The number of hydrogen-bond acceptors (Lipinski definition) is 5. The second-order valence-electron chi connectivity index (χ2n) is 4.55. The molecule has 0 heterocycles. The molecular formula is C16H17NO5S. The van der Waals surface area contributed by atoms with Crippen LogP contribution in [-0.2, 0) is 14.8 Å². The van der Waals surface area contributed by atoms with Crippen LogP contribution in [0.25, 0.3) is 0 Å². The first-order valence-electron chi connectivity index (χ1n) is 6.78. The Kier molecular flexibility index (Phi) is 5.23. The highest BCUT2D eigenvalue weighted by Crippen LogP contribution is 2.35. The van der Waals surface area contributed by atoms with E-state index in [1.165, 1.54) is 32.4 Å². The Balaban J connectivity index is 2.61. The van der Waals surface area contributed by atoms with Crippen LogP contribution in [-0.4, -0.2) is 35.5 Å². The van der Waals surface area contributed by atoms with E-state index in [1.54, 1.807) is 30.3 Å². The van der Waals surface area contributed by atoms with Crippen LogP contribution in [0.5, 0.6) is 11.5 Å².